The van der Waals surface area contributed by atoms with Gasteiger partial charge in [-0.05, 0) is 232 Å². The summed E-state index contributed by atoms with van der Waals surface area (Å²) in [5.74, 6) is 0. The first-order chi connectivity index (χ1) is 85.0. The summed E-state index contributed by atoms with van der Waals surface area (Å²) in [6, 6.07) is 45.2. The number of benzene rings is 7. The molecule has 23 nitrogen and oxygen atoms in total. The molecule has 24 heteroatoms. The minimum absolute atomic E-state index is 0.0781. The molecule has 0 fully saturated rings. The van der Waals surface area contributed by atoms with Crippen LogP contribution in [-0.2, 0) is 127 Å². The highest BCUT2D eigenvalue weighted by atomic mass is 31.2. The Hall–Kier alpha value is -6.11. The third-order valence-corrected chi connectivity index (χ3v) is 21.7. The molecule has 7 rings (SSSR count). The third-order valence-electron chi connectivity index (χ3n) is 21.3. The van der Waals surface area contributed by atoms with Gasteiger partial charge in [0.15, 0.2) is 0 Å². The maximum absolute atomic E-state index is 11.6. The summed E-state index contributed by atoms with van der Waals surface area (Å²) in [5.41, 5.74) is 32.1. The molecule has 7 aromatic carbocycles. The predicted octanol–water partition coefficient (Wildman–Crippen LogP) is 17.8. The molecule has 0 aliphatic heterocycles. The first-order valence-electron chi connectivity index (χ1n) is 71.2. The first-order valence-corrected chi connectivity index (χ1v) is 48.7. The smallest absolute Gasteiger partial charge is 0.325 e. The zero-order valence-electron chi connectivity index (χ0n) is 133. The van der Waals surface area contributed by atoms with E-state index < -0.39 is 202 Å². The van der Waals surface area contributed by atoms with Crippen molar-refractivity contribution >= 4 is 7.60 Å². The fourth-order valence-corrected chi connectivity index (χ4v) is 13.2. The van der Waals surface area contributed by atoms with Crippen molar-refractivity contribution in [1.82, 2.24) is 0 Å². The molecule has 7 aromatic rings. The molecule has 8 unspecified atom stereocenters. The number of unbranched alkanes of at least 4 members (excludes halogenated alkanes) is 12. The Labute approximate surface area is 917 Å². The van der Waals surface area contributed by atoms with E-state index in [0.717, 1.165) is 203 Å². The molecule has 22 N–H and O–H groups in total. The van der Waals surface area contributed by atoms with E-state index in [-0.39, 0.29) is 67.6 Å². The van der Waals surface area contributed by atoms with Crippen molar-refractivity contribution < 1.29 is 145 Å². The standard InChI is InChI=1S/3C20H35NO2.C14H24NO4P.3C14H23NO2/c3*1-3-4-5-6-7-8-9-18-10-12-19(13-11-18)14-15-20(21,16-22)17-23-2;1-3-12-4-6-13(7-5-12)8-9-14(15,10-16)11-19-20(2,17)18;3*1-3-12-4-6-13(7-5-12)8-9-14(15,10-16)11-17-2/h3*10-13,22H,3-9,14-17,21H2,1-2H3;4-7,16H,3,8-11,15H2,1-2H3,(H,17,18);3*4-7,16H,3,8-11,15H2,1-2H3/i1D3,14D2,15D2,16D2,17D2;1D3,16D2,17D2;1D3;2*3D2,8D2,9D2,10D2,11D2;3D2,10D2,11D2;3D2. The van der Waals surface area contributed by atoms with E-state index >= 15 is 0 Å². The van der Waals surface area contributed by atoms with Crippen molar-refractivity contribution in [2.75, 3.05) is 141 Å². The molecule has 0 radical (unpaired) electrons. The molecular formula is C116H198N7O16P. The van der Waals surface area contributed by atoms with Gasteiger partial charge < -0.3 is 114 Å². The normalized spacial score (nSPS) is 22.2. The van der Waals surface area contributed by atoms with Gasteiger partial charge in [-0.3, -0.25) is 4.57 Å². The van der Waals surface area contributed by atoms with Gasteiger partial charge in [0.05, 0.1) is 158 Å². The number of hydrogen-bond donors (Lipinski definition) is 15. The second kappa shape index (κ2) is 78.2. The minimum atomic E-state index is -4.74. The first kappa shape index (κ1) is 70.7. The summed E-state index contributed by atoms with van der Waals surface area (Å²) in [5, 5.41) is 67.9. The number of ether oxygens (including phenoxy) is 6. The number of aliphatic hydroxyl groups is 7. The van der Waals surface area contributed by atoms with E-state index in [2.05, 4.69) is 43.0 Å². The van der Waals surface area contributed by atoms with Gasteiger partial charge in [-0.15, -0.1) is 0 Å². The van der Waals surface area contributed by atoms with Crippen LogP contribution in [0.4, 0.5) is 0 Å². The molecule has 0 saturated carbocycles. The van der Waals surface area contributed by atoms with Gasteiger partial charge in [0.2, 0.25) is 0 Å². The number of nitrogens with two attached hydrogens (primary N) is 7. The minimum Gasteiger partial charge on any atom is -0.394 e. The number of methoxy groups -OCH3 is 6. The van der Waals surface area contributed by atoms with E-state index in [1.165, 1.54) is 68.7 Å². The monoisotopic (exact) mass is 2030 g/mol. The summed E-state index contributed by atoms with van der Waals surface area (Å²) >= 11 is 0. The van der Waals surface area contributed by atoms with Crippen LogP contribution in [0.3, 0.4) is 0 Å². The molecule has 0 heterocycles. The maximum atomic E-state index is 11.6. The van der Waals surface area contributed by atoms with Crippen LogP contribution in [0.15, 0.2) is 170 Å². The lowest BCUT2D eigenvalue weighted by molar-refractivity contribution is 0.0816. The van der Waals surface area contributed by atoms with Gasteiger partial charge in [0, 0.05) is 89.1 Å². The Bertz CT molecular complexity index is 6430. The zero-order chi connectivity index (χ0) is 148. The molecule has 0 spiro atoms. The zero-order valence-corrected chi connectivity index (χ0v) is 84.7. The molecule has 140 heavy (non-hydrogen) atoms. The Morgan fingerprint density at radius 1 is 0.271 bits per heavy atom. The highest BCUT2D eigenvalue weighted by Gasteiger charge is 2.31. The lowest BCUT2D eigenvalue weighted by Gasteiger charge is -2.27. The number of aryl methyl sites for hydroxylation is 14. The van der Waals surface area contributed by atoms with Crippen molar-refractivity contribution in [3.63, 3.8) is 0 Å². The highest BCUT2D eigenvalue weighted by Crippen LogP contribution is 2.38. The van der Waals surface area contributed by atoms with Crippen molar-refractivity contribution in [3.05, 3.63) is 248 Å². The van der Waals surface area contributed by atoms with Gasteiger partial charge in [0.25, 0.3) is 0 Å². The van der Waals surface area contributed by atoms with Crippen LogP contribution >= 0.6 is 7.60 Å². The summed E-state index contributed by atoms with van der Waals surface area (Å²) in [7, 11) is 2.19. The molecule has 0 bridgehead atoms. The van der Waals surface area contributed by atoms with Crippen LogP contribution in [0.25, 0.3) is 0 Å². The molecule has 798 valence electrons. The van der Waals surface area contributed by atoms with Gasteiger partial charge >= 0.3 is 7.60 Å². The van der Waals surface area contributed by atoms with E-state index in [9.17, 15) is 45.2 Å². The topological polar surface area (TPSA) is 426 Å². The molecule has 0 aliphatic rings. The van der Waals surface area contributed by atoms with E-state index in [1.54, 1.807) is 62.8 Å². The van der Waals surface area contributed by atoms with Crippen molar-refractivity contribution in [2.24, 2.45) is 40.1 Å². The lowest BCUT2D eigenvalue weighted by Crippen LogP contribution is -2.48. The summed E-state index contributed by atoms with van der Waals surface area (Å²) in [4.78, 5) is 9.36. The van der Waals surface area contributed by atoms with Crippen molar-refractivity contribution in [2.45, 2.75) is 337 Å². The molecule has 0 saturated heterocycles. The molecule has 0 aromatic heterocycles. The third kappa shape index (κ3) is 62.7. The Morgan fingerprint density at radius 3 is 0.664 bits per heavy atom. The predicted molar refractivity (Wildman–Crippen MR) is 583 cm³/mol. The lowest BCUT2D eigenvalue weighted by atomic mass is 9.93. The fourth-order valence-electron chi connectivity index (χ4n) is 12.9. The maximum Gasteiger partial charge on any atom is 0.325 e. The van der Waals surface area contributed by atoms with Crippen molar-refractivity contribution in [3.8, 4) is 0 Å². The molecule has 8 atom stereocenters. The van der Waals surface area contributed by atoms with Crippen LogP contribution in [0.2, 0.25) is 0 Å². The Morgan fingerprint density at radius 2 is 0.464 bits per heavy atom. The number of hydrogen-bond acceptors (Lipinski definition) is 22. The quantitative estimate of drug-likeness (QED) is 0.0124. The van der Waals surface area contributed by atoms with Gasteiger partial charge in [-0.2, -0.15) is 0 Å². The van der Waals surface area contributed by atoms with E-state index in [1.807, 2.05) is 36.4 Å². The second-order valence-electron chi connectivity index (χ2n) is 33.5. The molecular weight excluding hydrogens is 1780 g/mol. The summed E-state index contributed by atoms with van der Waals surface area (Å²) < 4.78 is 422. The van der Waals surface area contributed by atoms with Crippen LogP contribution in [0, 0.1) is 0 Å². The largest absolute Gasteiger partial charge is 0.394 e. The van der Waals surface area contributed by atoms with Gasteiger partial charge in [-0.25, -0.2) is 0 Å². The fraction of sp³-hybridized carbons (Fsp3) is 0.638. The average molecular weight is 2030 g/mol. The van der Waals surface area contributed by atoms with Crippen LogP contribution in [0.1, 0.15) is 354 Å². The highest BCUT2D eigenvalue weighted by molar-refractivity contribution is 7.51. The Kier molecular flexibility index (Phi) is 39.5. The van der Waals surface area contributed by atoms with Crippen LogP contribution in [-0.4, -0.2) is 221 Å². The summed E-state index contributed by atoms with van der Waals surface area (Å²) in [6.07, 6.45) is -5.80. The number of aliphatic hydroxyl groups excluding tert-OH is 2. The molecule has 0 amide bonds. The Balaban J connectivity index is 0.00000111. The van der Waals surface area contributed by atoms with E-state index in [0.29, 0.717) is 69.5 Å². The summed E-state index contributed by atoms with van der Waals surface area (Å²) in [6.45, 7) is -31.7. The van der Waals surface area contributed by atoms with Gasteiger partial charge in [-0.1, -0.05) is 314 Å². The van der Waals surface area contributed by atoms with Gasteiger partial charge in [0.1, 0.15) is 0 Å². The van der Waals surface area contributed by atoms with E-state index in [4.69, 9.17) is 122 Å². The number of rotatable bonds is 68. The van der Waals surface area contributed by atoms with Crippen molar-refractivity contribution in [1.29, 1.82) is 0 Å². The average Bonchev–Trinajstić information content (AvgIpc) is 0.685. The molecule has 0 aliphatic carbocycles. The SMILES string of the molecule is [2H]C([2H])(C)c1ccc(C([2H])([2H])C([2H])([2H])C(N)(C([2H])([2H])O)C([2H])([2H])OC)cc1.[2H]C([2H])(C)c1ccc(C([2H])([2H])C([2H])([2H])C(N)(C([2H])([2H])O)C([2H])([2H])OP(C)(=O)O)cc1.[2H]C([2H])(C)c1ccc(CCC(N)(C([2H])([2H])O)C([2H])([2H])OC)cc1.[2H]C([2H])(C)c1ccc(CCC(N)(CO)COC)cc1.[2H]C([2H])([2H])CCCCCCCc1ccc(C([2H])([2H])C([2H])([2H])C(N)(C([2H])([2H])O)C([2H])([2H])OC)cc1.[2H]C([2H])([2H])CCCCCCCc1ccc(CCC(N)(C([2H])([2H])O)C([2H])([2H])OC)cc1.[2H]C([2H])([2H])CCCCCCCc1ccc(CCC(N)(CO)COC)cc1. The van der Waals surface area contributed by atoms with Crippen LogP contribution < -0.4 is 40.1 Å². The van der Waals surface area contributed by atoms with Crippen LogP contribution in [0.5, 0.6) is 0 Å². The second-order valence-corrected chi connectivity index (χ2v) is 35.3.